The molecule has 0 aromatic carbocycles. The number of rotatable bonds is 5. The molecule has 0 radical (unpaired) electrons. The van der Waals surface area contributed by atoms with Gasteiger partial charge in [-0.3, -0.25) is 0 Å². The molecule has 0 atom stereocenters. The van der Waals surface area contributed by atoms with Crippen LogP contribution in [0.5, 0.6) is 0 Å². The van der Waals surface area contributed by atoms with Crippen LogP contribution in [0.15, 0.2) is 0 Å². The Balaban J connectivity index is 3.35. The predicted octanol–water partition coefficient (Wildman–Crippen LogP) is 0.476. The van der Waals surface area contributed by atoms with Gasteiger partial charge in [0.1, 0.15) is 13.2 Å². The van der Waals surface area contributed by atoms with Gasteiger partial charge in [-0.15, -0.1) is 0 Å². The van der Waals surface area contributed by atoms with Crippen molar-refractivity contribution in [3.63, 3.8) is 0 Å². The highest BCUT2D eigenvalue weighted by molar-refractivity contribution is 4.63. The molecular formula is C8H18O4. The Hall–Kier alpha value is -0.160. The first-order chi connectivity index (χ1) is 5.21. The van der Waals surface area contributed by atoms with E-state index in [0.29, 0.717) is 0 Å². The van der Waals surface area contributed by atoms with Crippen molar-refractivity contribution in [1.29, 1.82) is 0 Å². The van der Waals surface area contributed by atoms with Crippen LogP contribution in [0.25, 0.3) is 0 Å². The summed E-state index contributed by atoms with van der Waals surface area (Å²) >= 11 is 0. The monoisotopic (exact) mass is 178 g/mol. The first kappa shape index (κ1) is 11.8. The van der Waals surface area contributed by atoms with E-state index in [4.69, 9.17) is 0 Å². The Morgan fingerprint density at radius 2 is 1.08 bits per heavy atom. The summed E-state index contributed by atoms with van der Waals surface area (Å²) in [6.07, 6.45) is 0. The fraction of sp³-hybridized carbons (Fsp3) is 1.00. The van der Waals surface area contributed by atoms with E-state index < -0.39 is 11.2 Å². The average molecular weight is 178 g/mol. The summed E-state index contributed by atoms with van der Waals surface area (Å²) in [7, 11) is 0. The highest BCUT2D eigenvalue weighted by Gasteiger charge is 2.16. The lowest BCUT2D eigenvalue weighted by molar-refractivity contribution is -0.329. The highest BCUT2D eigenvalue weighted by atomic mass is 17.2. The van der Waals surface area contributed by atoms with E-state index in [2.05, 4.69) is 9.78 Å². The van der Waals surface area contributed by atoms with Gasteiger partial charge < -0.3 is 10.2 Å². The smallest absolute Gasteiger partial charge is 0.110 e. The molecule has 0 unspecified atom stereocenters. The van der Waals surface area contributed by atoms with E-state index in [1.165, 1.54) is 0 Å². The molecule has 0 aliphatic rings. The average Bonchev–Trinajstić information content (AvgIpc) is 1.76. The molecule has 2 N–H and O–H groups in total. The SMILES string of the molecule is CC(C)(O)COOCC(C)(C)O. The molecule has 0 aliphatic carbocycles. The van der Waals surface area contributed by atoms with Gasteiger partial charge in [0.2, 0.25) is 0 Å². The molecule has 4 nitrogen and oxygen atoms in total. The van der Waals surface area contributed by atoms with Crippen LogP contribution in [-0.4, -0.2) is 34.6 Å². The topological polar surface area (TPSA) is 58.9 Å². The van der Waals surface area contributed by atoms with Gasteiger partial charge in [-0.1, -0.05) is 0 Å². The fourth-order valence-electron chi connectivity index (χ4n) is 0.372. The van der Waals surface area contributed by atoms with Crippen LogP contribution in [0.3, 0.4) is 0 Å². The van der Waals surface area contributed by atoms with Crippen molar-refractivity contribution in [2.45, 2.75) is 38.9 Å². The Bertz CT molecular complexity index is 104. The van der Waals surface area contributed by atoms with E-state index in [9.17, 15) is 10.2 Å². The van der Waals surface area contributed by atoms with E-state index in [-0.39, 0.29) is 13.2 Å². The summed E-state index contributed by atoms with van der Waals surface area (Å²) in [5.41, 5.74) is -1.81. The normalized spacial score (nSPS) is 13.5. The van der Waals surface area contributed by atoms with Crippen molar-refractivity contribution in [3.8, 4) is 0 Å². The van der Waals surface area contributed by atoms with Gasteiger partial charge in [0.25, 0.3) is 0 Å². The minimum absolute atomic E-state index is 0.0864. The summed E-state index contributed by atoms with van der Waals surface area (Å²) < 4.78 is 0. The summed E-state index contributed by atoms with van der Waals surface area (Å²) in [5, 5.41) is 18.4. The molecule has 12 heavy (non-hydrogen) atoms. The van der Waals surface area contributed by atoms with Gasteiger partial charge in [-0.2, -0.15) is 0 Å². The summed E-state index contributed by atoms with van der Waals surface area (Å²) in [5.74, 6) is 0. The number of hydrogen-bond donors (Lipinski definition) is 2. The lowest BCUT2D eigenvalue weighted by Gasteiger charge is -2.19. The maximum Gasteiger partial charge on any atom is 0.110 e. The molecule has 0 saturated carbocycles. The Labute approximate surface area is 73.0 Å². The van der Waals surface area contributed by atoms with Crippen LogP contribution in [-0.2, 0) is 9.78 Å². The maximum atomic E-state index is 9.18. The molecule has 0 aliphatic heterocycles. The number of hydrogen-bond acceptors (Lipinski definition) is 4. The first-order valence-corrected chi connectivity index (χ1v) is 3.90. The van der Waals surface area contributed by atoms with Crippen LogP contribution in [0.1, 0.15) is 27.7 Å². The van der Waals surface area contributed by atoms with E-state index >= 15 is 0 Å². The molecular weight excluding hydrogens is 160 g/mol. The summed E-state index contributed by atoms with van der Waals surface area (Å²) in [6, 6.07) is 0. The van der Waals surface area contributed by atoms with E-state index in [1.54, 1.807) is 27.7 Å². The molecule has 0 fully saturated rings. The van der Waals surface area contributed by atoms with Gasteiger partial charge in [0, 0.05) is 0 Å². The van der Waals surface area contributed by atoms with Crippen molar-refractivity contribution >= 4 is 0 Å². The predicted molar refractivity (Wildman–Crippen MR) is 44.5 cm³/mol. The van der Waals surface area contributed by atoms with Crippen molar-refractivity contribution in [2.75, 3.05) is 13.2 Å². The minimum atomic E-state index is -0.903. The van der Waals surface area contributed by atoms with Crippen LogP contribution >= 0.6 is 0 Å². The van der Waals surface area contributed by atoms with Gasteiger partial charge in [0.05, 0.1) is 11.2 Å². The van der Waals surface area contributed by atoms with Crippen molar-refractivity contribution in [1.82, 2.24) is 0 Å². The molecule has 74 valence electrons. The second-order valence-corrected chi connectivity index (χ2v) is 4.15. The molecule has 4 heteroatoms. The zero-order chi connectivity index (χ0) is 9.83. The molecule has 0 amide bonds. The van der Waals surface area contributed by atoms with Gasteiger partial charge in [-0.25, -0.2) is 9.78 Å². The lowest BCUT2D eigenvalue weighted by Crippen LogP contribution is -2.30. The van der Waals surface area contributed by atoms with E-state index in [1.807, 2.05) is 0 Å². The van der Waals surface area contributed by atoms with Crippen LogP contribution in [0.2, 0.25) is 0 Å². The van der Waals surface area contributed by atoms with Gasteiger partial charge in [0.15, 0.2) is 0 Å². The fourth-order valence-corrected chi connectivity index (χ4v) is 0.372. The second-order valence-electron chi connectivity index (χ2n) is 4.15. The molecule has 0 saturated heterocycles. The maximum absolute atomic E-state index is 9.18. The van der Waals surface area contributed by atoms with Crippen molar-refractivity contribution < 1.29 is 20.0 Å². The lowest BCUT2D eigenvalue weighted by atomic mass is 10.2. The molecule has 0 rings (SSSR count). The molecule has 0 aromatic heterocycles. The Morgan fingerprint density at radius 3 is 1.25 bits per heavy atom. The van der Waals surface area contributed by atoms with Crippen LogP contribution in [0, 0.1) is 0 Å². The third-order valence-electron chi connectivity index (χ3n) is 0.908. The highest BCUT2D eigenvalue weighted by Crippen LogP contribution is 2.04. The van der Waals surface area contributed by atoms with Crippen LogP contribution < -0.4 is 0 Å². The molecule has 0 heterocycles. The van der Waals surface area contributed by atoms with Gasteiger partial charge >= 0.3 is 0 Å². The first-order valence-electron chi connectivity index (χ1n) is 3.90. The van der Waals surface area contributed by atoms with Crippen molar-refractivity contribution in [3.05, 3.63) is 0 Å². The number of aliphatic hydroxyl groups is 2. The molecule has 0 aromatic rings. The Morgan fingerprint density at radius 1 is 0.833 bits per heavy atom. The van der Waals surface area contributed by atoms with Gasteiger partial charge in [-0.05, 0) is 27.7 Å². The third kappa shape index (κ3) is 9.84. The second kappa shape index (κ2) is 4.18. The Kier molecular flexibility index (Phi) is 4.13. The zero-order valence-electron chi connectivity index (χ0n) is 8.13. The summed E-state index contributed by atoms with van der Waals surface area (Å²) in [4.78, 5) is 9.33. The van der Waals surface area contributed by atoms with E-state index in [0.717, 1.165) is 0 Å². The molecule has 0 bridgehead atoms. The standard InChI is InChI=1S/C8H18O4/c1-7(2,9)5-11-12-6-8(3,4)10/h9-10H,5-6H2,1-4H3. The quantitative estimate of drug-likeness (QED) is 0.365. The van der Waals surface area contributed by atoms with Crippen molar-refractivity contribution in [2.24, 2.45) is 0 Å². The largest absolute Gasteiger partial charge is 0.388 e. The zero-order valence-corrected chi connectivity index (χ0v) is 8.13. The third-order valence-corrected chi connectivity index (χ3v) is 0.908. The van der Waals surface area contributed by atoms with Crippen LogP contribution in [0.4, 0.5) is 0 Å². The minimum Gasteiger partial charge on any atom is -0.388 e. The summed E-state index contributed by atoms with van der Waals surface area (Å²) in [6.45, 7) is 6.62. The molecule has 0 spiro atoms.